The van der Waals surface area contributed by atoms with E-state index in [4.69, 9.17) is 0 Å². The molecule has 0 fully saturated rings. The number of rotatable bonds is 8. The van der Waals surface area contributed by atoms with E-state index in [2.05, 4.69) is 79.0 Å². The number of unbranched alkanes of at least 4 members (excludes halogenated alkanes) is 1. The van der Waals surface area contributed by atoms with Gasteiger partial charge in [-0.05, 0) is 39.4 Å². The smallest absolute Gasteiger partial charge is 0.193 e. The van der Waals surface area contributed by atoms with Crippen molar-refractivity contribution in [1.82, 2.24) is 15.1 Å². The molecule has 1 aromatic carbocycles. The molecule has 0 aliphatic rings. The molecule has 0 saturated heterocycles. The van der Waals surface area contributed by atoms with Crippen LogP contribution in [0.4, 0.5) is 0 Å². The molecule has 0 spiro atoms. The van der Waals surface area contributed by atoms with Crippen LogP contribution < -0.4 is 5.32 Å². The fourth-order valence-electron chi connectivity index (χ4n) is 2.54. The highest BCUT2D eigenvalue weighted by molar-refractivity contribution is 14.0. The maximum atomic E-state index is 4.39. The molecule has 5 heteroatoms. The van der Waals surface area contributed by atoms with Crippen LogP contribution in [0.5, 0.6) is 0 Å². The van der Waals surface area contributed by atoms with Gasteiger partial charge in [0.05, 0.1) is 6.04 Å². The lowest BCUT2D eigenvalue weighted by atomic mass is 10.0. The summed E-state index contributed by atoms with van der Waals surface area (Å²) in [5, 5.41) is 3.50. The van der Waals surface area contributed by atoms with Crippen molar-refractivity contribution in [3.63, 3.8) is 0 Å². The number of allylic oxidation sites excluding steroid dienone is 1. The molecule has 0 aromatic heterocycles. The molecule has 1 unspecified atom stereocenters. The molecule has 1 aromatic rings. The maximum absolute atomic E-state index is 4.39. The van der Waals surface area contributed by atoms with Gasteiger partial charge in [-0.2, -0.15) is 0 Å². The quantitative estimate of drug-likeness (QED) is 0.218. The molecule has 1 N–H and O–H groups in total. The molecule has 1 atom stereocenters. The average Bonchev–Trinajstić information content (AvgIpc) is 2.52. The van der Waals surface area contributed by atoms with Crippen LogP contribution in [0.25, 0.3) is 0 Å². The van der Waals surface area contributed by atoms with E-state index in [-0.39, 0.29) is 24.0 Å². The first kappa shape index (κ1) is 22.9. The number of halogens is 1. The van der Waals surface area contributed by atoms with Crippen molar-refractivity contribution in [2.75, 3.05) is 41.3 Å². The third-order valence-corrected chi connectivity index (χ3v) is 4.01. The summed E-state index contributed by atoms with van der Waals surface area (Å²) in [4.78, 5) is 8.80. The van der Waals surface area contributed by atoms with Gasteiger partial charge in [-0.1, -0.05) is 35.9 Å². The van der Waals surface area contributed by atoms with Crippen LogP contribution in [0, 0.1) is 6.92 Å². The Morgan fingerprint density at radius 3 is 2.38 bits per heavy atom. The monoisotopic (exact) mass is 444 g/mol. The van der Waals surface area contributed by atoms with E-state index in [1.807, 2.05) is 13.1 Å². The summed E-state index contributed by atoms with van der Waals surface area (Å²) >= 11 is 0. The molecule has 4 nitrogen and oxygen atoms in total. The van der Waals surface area contributed by atoms with Gasteiger partial charge in [-0.3, -0.25) is 4.99 Å². The highest BCUT2D eigenvalue weighted by Gasteiger charge is 2.15. The van der Waals surface area contributed by atoms with Crippen molar-refractivity contribution in [1.29, 1.82) is 0 Å². The zero-order valence-electron chi connectivity index (χ0n) is 15.7. The molecule has 0 aliphatic heterocycles. The largest absolute Gasteiger partial charge is 0.354 e. The van der Waals surface area contributed by atoms with Gasteiger partial charge in [-0.15, -0.1) is 30.6 Å². The average molecular weight is 444 g/mol. The van der Waals surface area contributed by atoms with Crippen LogP contribution in [-0.4, -0.2) is 57.0 Å². The highest BCUT2D eigenvalue weighted by Crippen LogP contribution is 2.18. The SMILES string of the molecule is C=CCCCN(C)C(=NC)NCC(c1ccc(C)cc1)N(C)C.I. The first-order valence-electron chi connectivity index (χ1n) is 8.25. The molecule has 0 amide bonds. The van der Waals surface area contributed by atoms with Crippen molar-refractivity contribution in [3.05, 3.63) is 48.0 Å². The molecular weight excluding hydrogens is 411 g/mol. The Morgan fingerprint density at radius 2 is 1.88 bits per heavy atom. The number of hydrogen-bond acceptors (Lipinski definition) is 2. The molecule has 1 rings (SSSR count). The lowest BCUT2D eigenvalue weighted by Gasteiger charge is -2.28. The Morgan fingerprint density at radius 1 is 1.25 bits per heavy atom. The third-order valence-electron chi connectivity index (χ3n) is 4.01. The van der Waals surface area contributed by atoms with Crippen LogP contribution in [0.15, 0.2) is 41.9 Å². The Hall–Kier alpha value is -1.08. The Kier molecular flexibility index (Phi) is 11.8. The number of nitrogens with zero attached hydrogens (tertiary/aromatic N) is 3. The van der Waals surface area contributed by atoms with Crippen LogP contribution >= 0.6 is 24.0 Å². The minimum atomic E-state index is 0. The van der Waals surface area contributed by atoms with Gasteiger partial charge < -0.3 is 15.1 Å². The van der Waals surface area contributed by atoms with Crippen molar-refractivity contribution >= 4 is 29.9 Å². The Bertz CT molecular complexity index is 497. The molecule has 0 bridgehead atoms. The van der Waals surface area contributed by atoms with Crippen molar-refractivity contribution in [2.45, 2.75) is 25.8 Å². The summed E-state index contributed by atoms with van der Waals surface area (Å²) in [5.41, 5.74) is 2.61. The molecule has 0 radical (unpaired) electrons. The fraction of sp³-hybridized carbons (Fsp3) is 0.526. The van der Waals surface area contributed by atoms with E-state index in [0.29, 0.717) is 6.04 Å². The number of benzene rings is 1. The van der Waals surface area contributed by atoms with E-state index in [9.17, 15) is 0 Å². The van der Waals surface area contributed by atoms with E-state index in [1.54, 1.807) is 0 Å². The second-order valence-corrected chi connectivity index (χ2v) is 6.17. The summed E-state index contributed by atoms with van der Waals surface area (Å²) in [6, 6.07) is 9.06. The topological polar surface area (TPSA) is 30.9 Å². The Labute approximate surface area is 165 Å². The van der Waals surface area contributed by atoms with Crippen molar-refractivity contribution in [3.8, 4) is 0 Å². The molecule has 0 heterocycles. The third kappa shape index (κ3) is 7.66. The molecule has 0 aliphatic carbocycles. The van der Waals surface area contributed by atoms with Gasteiger partial charge in [0.1, 0.15) is 0 Å². The predicted octanol–water partition coefficient (Wildman–Crippen LogP) is 3.69. The fourth-order valence-corrected chi connectivity index (χ4v) is 2.54. The standard InChI is InChI=1S/C19H32N4.HI/c1-7-8-9-14-23(6)19(20-3)21-15-18(22(4)5)17-12-10-16(2)11-13-17;/h7,10-13,18H,1,8-9,14-15H2,2-6H3,(H,20,21);1H. The van der Waals surface area contributed by atoms with Gasteiger partial charge in [0, 0.05) is 27.2 Å². The van der Waals surface area contributed by atoms with Gasteiger partial charge >= 0.3 is 0 Å². The highest BCUT2D eigenvalue weighted by atomic mass is 127. The van der Waals surface area contributed by atoms with Crippen LogP contribution in [-0.2, 0) is 0 Å². The van der Waals surface area contributed by atoms with E-state index in [0.717, 1.165) is 31.9 Å². The first-order chi connectivity index (χ1) is 11.0. The lowest BCUT2D eigenvalue weighted by molar-refractivity contribution is 0.295. The number of aliphatic imine (C=N–C) groups is 1. The minimum Gasteiger partial charge on any atom is -0.354 e. The normalized spacial score (nSPS) is 12.5. The summed E-state index contributed by atoms with van der Waals surface area (Å²) in [7, 11) is 8.14. The van der Waals surface area contributed by atoms with E-state index >= 15 is 0 Å². The van der Waals surface area contributed by atoms with Crippen molar-refractivity contribution < 1.29 is 0 Å². The lowest BCUT2D eigenvalue weighted by Crippen LogP contribution is -2.43. The molecule has 24 heavy (non-hydrogen) atoms. The van der Waals surface area contributed by atoms with Crippen LogP contribution in [0.3, 0.4) is 0 Å². The molecular formula is C19H33IN4. The number of guanidine groups is 1. The zero-order chi connectivity index (χ0) is 17.2. The molecule has 136 valence electrons. The zero-order valence-corrected chi connectivity index (χ0v) is 18.1. The van der Waals surface area contributed by atoms with E-state index < -0.39 is 0 Å². The Balaban J connectivity index is 0.00000529. The number of hydrogen-bond donors (Lipinski definition) is 1. The summed E-state index contributed by atoms with van der Waals surface area (Å²) in [5.74, 6) is 0.938. The van der Waals surface area contributed by atoms with Gasteiger partial charge in [0.25, 0.3) is 0 Å². The number of nitrogens with one attached hydrogen (secondary N) is 1. The first-order valence-corrected chi connectivity index (χ1v) is 8.25. The second-order valence-electron chi connectivity index (χ2n) is 6.17. The van der Waals surface area contributed by atoms with E-state index in [1.165, 1.54) is 11.1 Å². The number of likely N-dealkylation sites (N-methyl/N-ethyl adjacent to an activating group) is 1. The van der Waals surface area contributed by atoms with Crippen LogP contribution in [0.2, 0.25) is 0 Å². The second kappa shape index (κ2) is 12.3. The van der Waals surface area contributed by atoms with Gasteiger partial charge in [-0.25, -0.2) is 0 Å². The molecule has 0 saturated carbocycles. The van der Waals surface area contributed by atoms with Gasteiger partial charge in [0.2, 0.25) is 0 Å². The maximum Gasteiger partial charge on any atom is 0.193 e. The van der Waals surface area contributed by atoms with Crippen molar-refractivity contribution in [2.24, 2.45) is 4.99 Å². The summed E-state index contributed by atoms with van der Waals surface area (Å²) in [6.45, 7) is 7.69. The summed E-state index contributed by atoms with van der Waals surface area (Å²) < 4.78 is 0. The summed E-state index contributed by atoms with van der Waals surface area (Å²) in [6.07, 6.45) is 4.09. The van der Waals surface area contributed by atoms with Crippen LogP contribution in [0.1, 0.15) is 30.0 Å². The number of aryl methyl sites for hydroxylation is 1. The minimum absolute atomic E-state index is 0. The predicted molar refractivity (Wildman–Crippen MR) is 116 cm³/mol. The van der Waals surface area contributed by atoms with Gasteiger partial charge in [0.15, 0.2) is 5.96 Å².